The number of fused-ring (bicyclic) bond motifs is 3. The highest BCUT2D eigenvalue weighted by Crippen LogP contribution is 2.49. The van der Waals surface area contributed by atoms with Gasteiger partial charge < -0.3 is 5.32 Å². The molecule has 2 heteroatoms. The molecule has 1 aliphatic heterocycles. The molecule has 2 fully saturated rings. The van der Waals surface area contributed by atoms with Crippen LogP contribution in [-0.4, -0.2) is 12.3 Å². The van der Waals surface area contributed by atoms with E-state index in [-0.39, 0.29) is 0 Å². The highest BCUT2D eigenvalue weighted by molar-refractivity contribution is 5.97. The van der Waals surface area contributed by atoms with E-state index in [9.17, 15) is 4.79 Å². The predicted molar refractivity (Wildman–Crippen MR) is 76.5 cm³/mol. The minimum atomic E-state index is 0.368. The Morgan fingerprint density at radius 2 is 2.21 bits per heavy atom. The monoisotopic (exact) mass is 255 g/mol. The van der Waals surface area contributed by atoms with Gasteiger partial charge in [0.15, 0.2) is 5.78 Å². The quantitative estimate of drug-likeness (QED) is 0.835. The molecule has 0 aromatic heterocycles. The van der Waals surface area contributed by atoms with Gasteiger partial charge >= 0.3 is 0 Å². The van der Waals surface area contributed by atoms with Crippen molar-refractivity contribution in [2.24, 2.45) is 17.8 Å². The van der Waals surface area contributed by atoms with Crippen molar-refractivity contribution in [1.82, 2.24) is 0 Å². The van der Waals surface area contributed by atoms with E-state index >= 15 is 0 Å². The standard InChI is InChI=1S/C17H21NO/c19-17(10-15-8-11-1-2-12(15)7-11)14-3-4-16-13(9-14)5-6-18-16/h3-4,9,11-12,15,18H,1-2,5-8,10H2. The maximum absolute atomic E-state index is 12.5. The average molecular weight is 255 g/mol. The lowest BCUT2D eigenvalue weighted by Gasteiger charge is -2.20. The van der Waals surface area contributed by atoms with Gasteiger partial charge in [0.2, 0.25) is 0 Å². The van der Waals surface area contributed by atoms with E-state index in [1.807, 2.05) is 6.07 Å². The Hall–Kier alpha value is -1.31. The molecule has 100 valence electrons. The molecule has 3 atom stereocenters. The van der Waals surface area contributed by atoms with Crippen LogP contribution < -0.4 is 5.32 Å². The first kappa shape index (κ1) is 11.5. The summed E-state index contributed by atoms with van der Waals surface area (Å²) in [6, 6.07) is 6.20. The van der Waals surface area contributed by atoms with E-state index in [1.54, 1.807) is 0 Å². The zero-order valence-corrected chi connectivity index (χ0v) is 11.3. The number of benzene rings is 1. The van der Waals surface area contributed by atoms with Gasteiger partial charge in [-0.05, 0) is 67.2 Å². The molecule has 1 heterocycles. The van der Waals surface area contributed by atoms with Gasteiger partial charge in [0.05, 0.1) is 0 Å². The van der Waals surface area contributed by atoms with E-state index in [4.69, 9.17) is 0 Å². The molecule has 0 amide bonds. The van der Waals surface area contributed by atoms with Crippen LogP contribution in [0.5, 0.6) is 0 Å². The van der Waals surface area contributed by atoms with Gasteiger partial charge in [-0.25, -0.2) is 0 Å². The molecule has 0 radical (unpaired) electrons. The zero-order chi connectivity index (χ0) is 12.8. The van der Waals surface area contributed by atoms with Crippen molar-refractivity contribution in [1.29, 1.82) is 0 Å². The normalized spacial score (nSPS) is 31.3. The van der Waals surface area contributed by atoms with E-state index in [2.05, 4.69) is 17.4 Å². The fourth-order valence-corrected chi connectivity index (χ4v) is 4.46. The lowest BCUT2D eigenvalue weighted by molar-refractivity contribution is 0.0944. The van der Waals surface area contributed by atoms with Crippen molar-refractivity contribution < 1.29 is 4.79 Å². The molecule has 1 aromatic rings. The van der Waals surface area contributed by atoms with Crippen LogP contribution in [0.15, 0.2) is 18.2 Å². The second kappa shape index (κ2) is 4.36. The second-order valence-electron chi connectivity index (χ2n) is 6.61. The molecule has 1 N–H and O–H groups in total. The van der Waals surface area contributed by atoms with E-state index in [1.165, 1.54) is 36.9 Å². The van der Waals surface area contributed by atoms with Gasteiger partial charge in [0.25, 0.3) is 0 Å². The fraction of sp³-hybridized carbons (Fsp3) is 0.588. The summed E-state index contributed by atoms with van der Waals surface area (Å²) in [7, 11) is 0. The summed E-state index contributed by atoms with van der Waals surface area (Å²) in [5.41, 5.74) is 3.47. The Kier molecular flexibility index (Phi) is 2.64. The zero-order valence-electron chi connectivity index (χ0n) is 11.3. The summed E-state index contributed by atoms with van der Waals surface area (Å²) >= 11 is 0. The molecule has 2 aliphatic carbocycles. The van der Waals surface area contributed by atoms with Gasteiger partial charge in [-0.15, -0.1) is 0 Å². The summed E-state index contributed by atoms with van der Waals surface area (Å²) in [6.07, 6.45) is 7.34. The molecule has 2 saturated carbocycles. The van der Waals surface area contributed by atoms with Crippen molar-refractivity contribution in [3.05, 3.63) is 29.3 Å². The molecule has 2 bridgehead atoms. The summed E-state index contributed by atoms with van der Waals surface area (Å²) in [4.78, 5) is 12.5. The number of hydrogen-bond donors (Lipinski definition) is 1. The molecule has 0 saturated heterocycles. The van der Waals surface area contributed by atoms with E-state index in [0.717, 1.165) is 36.8 Å². The maximum Gasteiger partial charge on any atom is 0.163 e. The number of ketones is 1. The molecular weight excluding hydrogens is 234 g/mol. The predicted octanol–water partition coefficient (Wildman–Crippen LogP) is 3.66. The van der Waals surface area contributed by atoms with Crippen LogP contribution in [0.25, 0.3) is 0 Å². The molecule has 2 nitrogen and oxygen atoms in total. The number of Topliss-reactive ketones (excluding diaryl/α,β-unsaturated/α-hetero) is 1. The molecule has 4 rings (SSSR count). The first-order valence-corrected chi connectivity index (χ1v) is 7.69. The van der Waals surface area contributed by atoms with E-state index < -0.39 is 0 Å². The van der Waals surface area contributed by atoms with Crippen molar-refractivity contribution in [2.45, 2.75) is 38.5 Å². The number of carbonyl (C=O) groups is 1. The summed E-state index contributed by atoms with van der Waals surface area (Å²) in [5, 5.41) is 3.35. The second-order valence-corrected chi connectivity index (χ2v) is 6.61. The molecule has 19 heavy (non-hydrogen) atoms. The summed E-state index contributed by atoms with van der Waals surface area (Å²) < 4.78 is 0. The van der Waals surface area contributed by atoms with Gasteiger partial charge in [-0.3, -0.25) is 4.79 Å². The average Bonchev–Trinajstić information content (AvgIpc) is 3.13. The number of nitrogens with one attached hydrogen (secondary N) is 1. The Balaban J connectivity index is 1.48. The summed E-state index contributed by atoms with van der Waals surface area (Å²) in [6.45, 7) is 1.01. The highest BCUT2D eigenvalue weighted by Gasteiger charge is 2.40. The van der Waals surface area contributed by atoms with Crippen LogP contribution in [0.4, 0.5) is 5.69 Å². The third kappa shape index (κ3) is 1.98. The van der Waals surface area contributed by atoms with Gasteiger partial charge in [-0.2, -0.15) is 0 Å². The van der Waals surface area contributed by atoms with Crippen LogP contribution in [0.3, 0.4) is 0 Å². The topological polar surface area (TPSA) is 29.1 Å². The van der Waals surface area contributed by atoms with Crippen molar-refractivity contribution >= 4 is 11.5 Å². The largest absolute Gasteiger partial charge is 0.384 e. The Labute approximate surface area is 114 Å². The van der Waals surface area contributed by atoms with Crippen molar-refractivity contribution in [3.8, 4) is 0 Å². The van der Waals surface area contributed by atoms with Crippen LogP contribution in [0.1, 0.15) is 48.0 Å². The Bertz CT molecular complexity index is 522. The summed E-state index contributed by atoms with van der Waals surface area (Å²) in [5.74, 6) is 2.84. The highest BCUT2D eigenvalue weighted by atomic mass is 16.1. The maximum atomic E-state index is 12.5. The van der Waals surface area contributed by atoms with E-state index in [0.29, 0.717) is 11.7 Å². The third-order valence-corrected chi connectivity index (χ3v) is 5.47. The molecule has 3 unspecified atom stereocenters. The lowest BCUT2D eigenvalue weighted by atomic mass is 9.84. The molecular formula is C17H21NO. The SMILES string of the molecule is O=C(CC1CC2CCC1C2)c1ccc2c(c1)CCN2. The number of carbonyl (C=O) groups excluding carboxylic acids is 1. The fourth-order valence-electron chi connectivity index (χ4n) is 4.46. The Morgan fingerprint density at radius 1 is 1.26 bits per heavy atom. The van der Waals surface area contributed by atoms with Crippen LogP contribution in [0, 0.1) is 17.8 Å². The lowest BCUT2D eigenvalue weighted by Crippen LogP contribution is -2.15. The molecule has 3 aliphatic rings. The number of rotatable bonds is 3. The van der Waals surface area contributed by atoms with Crippen molar-refractivity contribution in [3.63, 3.8) is 0 Å². The van der Waals surface area contributed by atoms with Gasteiger partial charge in [-0.1, -0.05) is 6.42 Å². The Morgan fingerprint density at radius 3 is 3.00 bits per heavy atom. The molecule has 0 spiro atoms. The van der Waals surface area contributed by atoms with Gasteiger partial charge in [0.1, 0.15) is 0 Å². The number of anilines is 1. The molecule has 1 aromatic carbocycles. The minimum Gasteiger partial charge on any atom is -0.384 e. The first-order valence-electron chi connectivity index (χ1n) is 7.69. The van der Waals surface area contributed by atoms with Crippen LogP contribution >= 0.6 is 0 Å². The first-order chi connectivity index (χ1) is 9.29. The third-order valence-electron chi connectivity index (χ3n) is 5.47. The minimum absolute atomic E-state index is 0.368. The number of hydrogen-bond acceptors (Lipinski definition) is 2. The smallest absolute Gasteiger partial charge is 0.163 e. The van der Waals surface area contributed by atoms with Gasteiger partial charge in [0, 0.05) is 24.2 Å². The van der Waals surface area contributed by atoms with Crippen LogP contribution in [-0.2, 0) is 6.42 Å². The van der Waals surface area contributed by atoms with Crippen LogP contribution in [0.2, 0.25) is 0 Å². The van der Waals surface area contributed by atoms with Crippen molar-refractivity contribution in [2.75, 3.05) is 11.9 Å².